The summed E-state index contributed by atoms with van der Waals surface area (Å²) in [5, 5.41) is 0.650. The van der Waals surface area contributed by atoms with E-state index in [4.69, 9.17) is 21.1 Å². The molecule has 0 N–H and O–H groups in total. The van der Waals surface area contributed by atoms with Gasteiger partial charge >= 0.3 is 0 Å². The van der Waals surface area contributed by atoms with Gasteiger partial charge in [-0.05, 0) is 84.7 Å². The third kappa shape index (κ3) is 4.14. The Labute approximate surface area is 193 Å². The second-order valence-corrected chi connectivity index (χ2v) is 8.10. The van der Waals surface area contributed by atoms with Gasteiger partial charge in [-0.15, -0.1) is 0 Å². The Hall–Kier alpha value is -3.50. The molecule has 3 aromatic rings. The normalized spacial score (nSPS) is 14.7. The molecule has 4 nitrogen and oxygen atoms in total. The number of hydrogen-bond acceptors (Lipinski definition) is 3. The maximum Gasteiger partial charge on any atom is 0.262 e. The van der Waals surface area contributed by atoms with Crippen LogP contribution in [0.3, 0.4) is 0 Å². The molecule has 0 bridgehead atoms. The van der Waals surface area contributed by atoms with Gasteiger partial charge in [-0.3, -0.25) is 9.69 Å². The Morgan fingerprint density at radius 2 is 1.56 bits per heavy atom. The maximum atomic E-state index is 13.6. The highest BCUT2D eigenvalue weighted by Gasteiger charge is 2.30. The van der Waals surface area contributed by atoms with Gasteiger partial charge in [0.05, 0.1) is 19.9 Å². The zero-order valence-corrected chi connectivity index (χ0v) is 19.2. The third-order valence-electron chi connectivity index (χ3n) is 5.60. The number of ether oxygens (including phenoxy) is 2. The fourth-order valence-corrected chi connectivity index (χ4v) is 3.82. The topological polar surface area (TPSA) is 38.8 Å². The average molecular weight is 446 g/mol. The highest BCUT2D eigenvalue weighted by atomic mass is 35.5. The Morgan fingerprint density at radius 1 is 0.844 bits per heavy atom. The zero-order valence-electron chi connectivity index (χ0n) is 18.5. The molecule has 162 valence electrons. The molecule has 3 aromatic carbocycles. The standard InChI is InChI=1S/C27H24ClNO3/c1-17-5-11-23(13-18(17)2)29-24(20-7-9-22(28)10-8-20)16-21(27(29)30)14-19-6-12-25(31-3)26(15-19)32-4/h5-16H,1-4H3/b21-14+. The number of halogens is 1. The smallest absolute Gasteiger partial charge is 0.262 e. The molecule has 1 aliphatic rings. The average Bonchev–Trinajstić information content (AvgIpc) is 3.12. The van der Waals surface area contributed by atoms with E-state index in [1.807, 2.05) is 79.7 Å². The molecular weight excluding hydrogens is 422 g/mol. The second kappa shape index (κ2) is 8.93. The molecule has 32 heavy (non-hydrogen) atoms. The van der Waals surface area contributed by atoms with Crippen LogP contribution in [0, 0.1) is 13.8 Å². The molecule has 0 atom stereocenters. The number of methoxy groups -OCH3 is 2. The summed E-state index contributed by atoms with van der Waals surface area (Å²) in [6, 6.07) is 19.1. The molecule has 0 fully saturated rings. The van der Waals surface area contributed by atoms with Gasteiger partial charge in [-0.1, -0.05) is 35.9 Å². The lowest BCUT2D eigenvalue weighted by Crippen LogP contribution is -2.25. The first kappa shape index (κ1) is 21.7. The van der Waals surface area contributed by atoms with E-state index in [0.717, 1.165) is 28.1 Å². The van der Waals surface area contributed by atoms with Crippen LogP contribution < -0.4 is 14.4 Å². The highest BCUT2D eigenvalue weighted by molar-refractivity contribution is 6.30. The van der Waals surface area contributed by atoms with Crippen LogP contribution in [0.15, 0.2) is 72.3 Å². The van der Waals surface area contributed by atoms with Crippen molar-refractivity contribution in [1.82, 2.24) is 0 Å². The van der Waals surface area contributed by atoms with Gasteiger partial charge in [0.2, 0.25) is 0 Å². The van der Waals surface area contributed by atoms with Crippen LogP contribution in [0.2, 0.25) is 5.02 Å². The molecule has 0 spiro atoms. The number of rotatable bonds is 5. The number of carbonyl (C=O) groups is 1. The van der Waals surface area contributed by atoms with Gasteiger partial charge in [0.1, 0.15) is 0 Å². The van der Waals surface area contributed by atoms with E-state index in [1.165, 1.54) is 5.56 Å². The lowest BCUT2D eigenvalue weighted by Gasteiger charge is -2.22. The van der Waals surface area contributed by atoms with Crippen molar-refractivity contribution in [2.24, 2.45) is 0 Å². The van der Waals surface area contributed by atoms with Crippen LogP contribution in [0.5, 0.6) is 11.5 Å². The largest absolute Gasteiger partial charge is 0.493 e. The van der Waals surface area contributed by atoms with Gasteiger partial charge in [-0.2, -0.15) is 0 Å². The maximum absolute atomic E-state index is 13.6. The van der Waals surface area contributed by atoms with E-state index in [-0.39, 0.29) is 5.91 Å². The summed E-state index contributed by atoms with van der Waals surface area (Å²) in [7, 11) is 3.19. The van der Waals surface area contributed by atoms with Crippen molar-refractivity contribution < 1.29 is 14.3 Å². The predicted molar refractivity (Wildman–Crippen MR) is 130 cm³/mol. The monoisotopic (exact) mass is 445 g/mol. The van der Waals surface area contributed by atoms with Crippen LogP contribution in [0.25, 0.3) is 11.8 Å². The molecule has 0 radical (unpaired) electrons. The zero-order chi connectivity index (χ0) is 22.8. The van der Waals surface area contributed by atoms with E-state index in [1.54, 1.807) is 19.1 Å². The molecule has 1 aliphatic heterocycles. The van der Waals surface area contributed by atoms with E-state index >= 15 is 0 Å². The Kier molecular flexibility index (Phi) is 6.06. The minimum absolute atomic E-state index is 0.0898. The van der Waals surface area contributed by atoms with E-state index in [0.29, 0.717) is 22.1 Å². The van der Waals surface area contributed by atoms with E-state index in [9.17, 15) is 4.79 Å². The van der Waals surface area contributed by atoms with Crippen LogP contribution in [-0.4, -0.2) is 20.1 Å². The first-order valence-electron chi connectivity index (χ1n) is 10.2. The number of nitrogens with zero attached hydrogens (tertiary/aromatic N) is 1. The Bertz CT molecular complexity index is 1240. The molecule has 0 aromatic heterocycles. The lowest BCUT2D eigenvalue weighted by molar-refractivity contribution is -0.113. The van der Waals surface area contributed by atoms with Crippen LogP contribution in [0.1, 0.15) is 22.3 Å². The van der Waals surface area contributed by atoms with Crippen molar-refractivity contribution in [3.05, 3.63) is 99.6 Å². The van der Waals surface area contributed by atoms with Crippen LogP contribution in [-0.2, 0) is 4.79 Å². The Morgan fingerprint density at radius 3 is 2.22 bits per heavy atom. The van der Waals surface area contributed by atoms with Gasteiger partial charge in [0.15, 0.2) is 11.5 Å². The second-order valence-electron chi connectivity index (χ2n) is 7.66. The number of benzene rings is 3. The van der Waals surface area contributed by atoms with Crippen molar-refractivity contribution >= 4 is 35.0 Å². The summed E-state index contributed by atoms with van der Waals surface area (Å²) in [4.78, 5) is 15.3. The van der Waals surface area contributed by atoms with Gasteiger partial charge in [0, 0.05) is 16.3 Å². The first-order chi connectivity index (χ1) is 15.4. The minimum Gasteiger partial charge on any atom is -0.493 e. The van der Waals surface area contributed by atoms with Crippen molar-refractivity contribution in [3.63, 3.8) is 0 Å². The molecule has 0 saturated heterocycles. The van der Waals surface area contributed by atoms with Crippen molar-refractivity contribution in [3.8, 4) is 11.5 Å². The molecule has 0 saturated carbocycles. The lowest BCUT2D eigenvalue weighted by atomic mass is 10.1. The summed E-state index contributed by atoms with van der Waals surface area (Å²) in [6.07, 6.45) is 3.78. The number of aryl methyl sites for hydroxylation is 2. The summed E-state index contributed by atoms with van der Waals surface area (Å²) >= 11 is 6.09. The van der Waals surface area contributed by atoms with E-state index < -0.39 is 0 Å². The number of amides is 1. The minimum atomic E-state index is -0.0898. The molecule has 1 amide bonds. The predicted octanol–water partition coefficient (Wildman–Crippen LogP) is 6.45. The summed E-state index contributed by atoms with van der Waals surface area (Å²) in [5.74, 6) is 1.16. The fraction of sp³-hybridized carbons (Fsp3) is 0.148. The summed E-state index contributed by atoms with van der Waals surface area (Å²) in [6.45, 7) is 4.11. The number of hydrogen-bond donors (Lipinski definition) is 0. The van der Waals surface area contributed by atoms with Crippen molar-refractivity contribution in [2.75, 3.05) is 19.1 Å². The van der Waals surface area contributed by atoms with Crippen LogP contribution >= 0.6 is 11.6 Å². The summed E-state index contributed by atoms with van der Waals surface area (Å²) in [5.41, 5.74) is 6.29. The fourth-order valence-electron chi connectivity index (χ4n) is 3.69. The number of anilines is 1. The molecule has 1 heterocycles. The van der Waals surface area contributed by atoms with Gasteiger partial charge < -0.3 is 9.47 Å². The SMILES string of the molecule is COc1ccc(/C=C2\C=C(c3ccc(Cl)cc3)N(c3ccc(C)c(C)c3)C2=O)cc1OC. The Balaban J connectivity index is 1.82. The van der Waals surface area contributed by atoms with Crippen molar-refractivity contribution in [1.29, 1.82) is 0 Å². The summed E-state index contributed by atoms with van der Waals surface area (Å²) < 4.78 is 10.7. The van der Waals surface area contributed by atoms with Gasteiger partial charge in [0.25, 0.3) is 5.91 Å². The van der Waals surface area contributed by atoms with E-state index in [2.05, 4.69) is 6.92 Å². The van der Waals surface area contributed by atoms with Crippen molar-refractivity contribution in [2.45, 2.75) is 13.8 Å². The quantitative estimate of drug-likeness (QED) is 0.424. The molecule has 0 aliphatic carbocycles. The van der Waals surface area contributed by atoms with Gasteiger partial charge in [-0.25, -0.2) is 0 Å². The van der Waals surface area contributed by atoms with Crippen LogP contribution in [0.4, 0.5) is 5.69 Å². The number of carbonyl (C=O) groups excluding carboxylic acids is 1. The highest BCUT2D eigenvalue weighted by Crippen LogP contribution is 2.37. The molecule has 4 rings (SSSR count). The molecule has 0 unspecified atom stereocenters. The molecule has 5 heteroatoms. The molecular formula is C27H24ClNO3. The third-order valence-corrected chi connectivity index (χ3v) is 5.85. The first-order valence-corrected chi connectivity index (χ1v) is 10.6.